The van der Waals surface area contributed by atoms with E-state index >= 15 is 0 Å². The van der Waals surface area contributed by atoms with Gasteiger partial charge < -0.3 is 14.4 Å². The summed E-state index contributed by atoms with van der Waals surface area (Å²) in [5.41, 5.74) is 1.67. The lowest BCUT2D eigenvalue weighted by Gasteiger charge is -2.17. The Bertz CT molecular complexity index is 910. The second-order valence-corrected chi connectivity index (χ2v) is 6.67. The lowest BCUT2D eigenvalue weighted by Crippen LogP contribution is -2.33. The van der Waals surface area contributed by atoms with E-state index in [1.54, 1.807) is 30.3 Å². The number of nitro benzene ring substituents is 1. The fraction of sp³-hybridized carbons (Fsp3) is 0.333. The summed E-state index contributed by atoms with van der Waals surface area (Å²) < 4.78 is 10.7. The van der Waals surface area contributed by atoms with Crippen LogP contribution in [-0.4, -0.2) is 36.6 Å². The Morgan fingerprint density at radius 1 is 1.17 bits per heavy atom. The van der Waals surface area contributed by atoms with Crippen LogP contribution in [0.2, 0.25) is 0 Å². The smallest absolute Gasteiger partial charge is 0.338 e. The van der Waals surface area contributed by atoms with Crippen LogP contribution in [0.4, 0.5) is 11.4 Å². The van der Waals surface area contributed by atoms with Crippen molar-refractivity contribution in [2.45, 2.75) is 26.2 Å². The Labute approximate surface area is 168 Å². The van der Waals surface area contributed by atoms with Gasteiger partial charge in [0.05, 0.1) is 17.1 Å². The van der Waals surface area contributed by atoms with Crippen molar-refractivity contribution in [1.82, 2.24) is 0 Å². The van der Waals surface area contributed by atoms with Crippen LogP contribution in [0.3, 0.4) is 0 Å². The molecule has 2 aromatic rings. The molecule has 1 aliphatic heterocycles. The first kappa shape index (κ1) is 20.3. The minimum absolute atomic E-state index is 0.00778. The third-order valence-electron chi connectivity index (χ3n) is 4.65. The van der Waals surface area contributed by atoms with Gasteiger partial charge in [-0.05, 0) is 48.7 Å². The number of fused-ring (bicyclic) bond motifs is 1. The molecule has 0 fully saturated rings. The molecule has 1 aliphatic rings. The van der Waals surface area contributed by atoms with Crippen LogP contribution in [0.1, 0.15) is 35.7 Å². The number of ether oxygens (including phenoxy) is 2. The average molecular weight is 398 g/mol. The Balaban J connectivity index is 1.55. The molecular weight excluding hydrogens is 376 g/mol. The summed E-state index contributed by atoms with van der Waals surface area (Å²) in [4.78, 5) is 36.5. The van der Waals surface area contributed by atoms with E-state index in [1.165, 1.54) is 17.0 Å². The fourth-order valence-corrected chi connectivity index (χ4v) is 3.07. The first-order chi connectivity index (χ1) is 14.0. The van der Waals surface area contributed by atoms with E-state index in [4.69, 9.17) is 9.47 Å². The molecule has 29 heavy (non-hydrogen) atoms. The highest BCUT2D eigenvalue weighted by molar-refractivity contribution is 5.98. The van der Waals surface area contributed by atoms with Crippen molar-refractivity contribution in [3.63, 3.8) is 0 Å². The van der Waals surface area contributed by atoms with Gasteiger partial charge in [-0.25, -0.2) is 4.79 Å². The number of hydrogen-bond acceptors (Lipinski definition) is 6. The number of hydrogen-bond donors (Lipinski definition) is 0. The molecule has 1 heterocycles. The van der Waals surface area contributed by atoms with Crippen molar-refractivity contribution in [1.29, 1.82) is 0 Å². The van der Waals surface area contributed by atoms with Gasteiger partial charge in [0.1, 0.15) is 5.75 Å². The van der Waals surface area contributed by atoms with Crippen LogP contribution in [0.25, 0.3) is 0 Å². The van der Waals surface area contributed by atoms with Crippen LogP contribution in [-0.2, 0) is 16.0 Å². The van der Waals surface area contributed by atoms with Gasteiger partial charge in [-0.1, -0.05) is 13.3 Å². The zero-order chi connectivity index (χ0) is 20.8. The maximum absolute atomic E-state index is 12.5. The van der Waals surface area contributed by atoms with E-state index in [1.807, 2.05) is 0 Å². The number of esters is 1. The van der Waals surface area contributed by atoms with Gasteiger partial charge in [-0.3, -0.25) is 14.9 Å². The molecule has 0 saturated heterocycles. The summed E-state index contributed by atoms with van der Waals surface area (Å²) in [6.07, 6.45) is 2.52. The molecule has 8 nitrogen and oxygen atoms in total. The second-order valence-electron chi connectivity index (χ2n) is 6.67. The highest BCUT2D eigenvalue weighted by Crippen LogP contribution is 2.31. The first-order valence-corrected chi connectivity index (χ1v) is 9.47. The van der Waals surface area contributed by atoms with Crippen molar-refractivity contribution in [3.8, 4) is 5.75 Å². The Morgan fingerprint density at radius 2 is 1.93 bits per heavy atom. The molecule has 0 atom stereocenters. The molecule has 2 aromatic carbocycles. The third-order valence-corrected chi connectivity index (χ3v) is 4.65. The van der Waals surface area contributed by atoms with E-state index < -0.39 is 17.5 Å². The van der Waals surface area contributed by atoms with E-state index in [0.29, 0.717) is 36.6 Å². The van der Waals surface area contributed by atoms with Gasteiger partial charge in [0, 0.05) is 24.4 Å². The predicted octanol–water partition coefficient (Wildman–Crippen LogP) is 3.52. The number of anilines is 1. The van der Waals surface area contributed by atoms with E-state index in [-0.39, 0.29) is 11.6 Å². The lowest BCUT2D eigenvalue weighted by atomic mass is 10.1. The zero-order valence-corrected chi connectivity index (χ0v) is 16.1. The quantitative estimate of drug-likeness (QED) is 0.292. The van der Waals surface area contributed by atoms with Gasteiger partial charge in [0.25, 0.3) is 11.6 Å². The number of nitrogens with zero attached hydrogens (tertiary/aromatic N) is 2. The molecule has 8 heteroatoms. The Hall–Kier alpha value is -3.42. The molecule has 0 aliphatic carbocycles. The molecule has 0 bridgehead atoms. The number of non-ortho nitro benzene ring substituents is 1. The predicted molar refractivity (Wildman–Crippen MR) is 106 cm³/mol. The number of carbonyl (C=O) groups is 2. The highest BCUT2D eigenvalue weighted by Gasteiger charge is 2.27. The minimum Gasteiger partial charge on any atom is -0.494 e. The minimum atomic E-state index is -0.596. The van der Waals surface area contributed by atoms with Crippen molar-refractivity contribution < 1.29 is 24.0 Å². The van der Waals surface area contributed by atoms with E-state index in [0.717, 1.165) is 18.4 Å². The Morgan fingerprint density at radius 3 is 2.62 bits per heavy atom. The molecule has 0 saturated carbocycles. The number of rotatable bonds is 8. The van der Waals surface area contributed by atoms with Gasteiger partial charge in [0.2, 0.25) is 0 Å². The molecule has 0 spiro atoms. The Kier molecular flexibility index (Phi) is 6.43. The largest absolute Gasteiger partial charge is 0.494 e. The molecule has 0 aromatic heterocycles. The number of nitro groups is 1. The molecule has 0 N–H and O–H groups in total. The summed E-state index contributed by atoms with van der Waals surface area (Å²) in [5.74, 6) is -0.291. The van der Waals surface area contributed by atoms with Crippen molar-refractivity contribution >= 4 is 23.3 Å². The molecule has 0 radical (unpaired) electrons. The summed E-state index contributed by atoms with van der Waals surface area (Å²) in [6.45, 7) is 2.70. The first-order valence-electron chi connectivity index (χ1n) is 9.47. The maximum atomic E-state index is 12.5. The van der Waals surface area contributed by atoms with Gasteiger partial charge in [-0.2, -0.15) is 0 Å². The summed E-state index contributed by atoms with van der Waals surface area (Å²) in [5, 5.41) is 10.9. The highest BCUT2D eigenvalue weighted by atomic mass is 16.6. The SMILES string of the molecule is CCCCOc1ccc(C(=O)OCC(=O)N2CCc3cc([N+](=O)[O-])ccc32)cc1. The van der Waals surface area contributed by atoms with E-state index in [9.17, 15) is 19.7 Å². The number of unbranched alkanes of at least 4 members (excludes halogenated alkanes) is 1. The normalized spacial score (nSPS) is 12.4. The maximum Gasteiger partial charge on any atom is 0.338 e. The van der Waals surface area contributed by atoms with Crippen molar-refractivity contribution in [2.75, 3.05) is 24.7 Å². The van der Waals surface area contributed by atoms with Crippen LogP contribution in [0.5, 0.6) is 5.75 Å². The van der Waals surface area contributed by atoms with E-state index in [2.05, 4.69) is 6.92 Å². The van der Waals surface area contributed by atoms with Gasteiger partial charge >= 0.3 is 5.97 Å². The van der Waals surface area contributed by atoms with Crippen LogP contribution in [0, 0.1) is 10.1 Å². The number of amides is 1. The van der Waals surface area contributed by atoms with Gasteiger partial charge in [0.15, 0.2) is 6.61 Å². The average Bonchev–Trinajstić information content (AvgIpc) is 3.16. The third kappa shape index (κ3) is 4.90. The molecular formula is C21H22N2O6. The van der Waals surface area contributed by atoms with Crippen molar-refractivity contribution in [3.05, 3.63) is 63.7 Å². The van der Waals surface area contributed by atoms with Crippen LogP contribution >= 0.6 is 0 Å². The number of carbonyl (C=O) groups excluding carboxylic acids is 2. The summed E-state index contributed by atoms with van der Waals surface area (Å²) >= 11 is 0. The van der Waals surface area contributed by atoms with Gasteiger partial charge in [-0.15, -0.1) is 0 Å². The fourth-order valence-electron chi connectivity index (χ4n) is 3.07. The second kappa shape index (κ2) is 9.18. The molecule has 3 rings (SSSR count). The lowest BCUT2D eigenvalue weighted by molar-refractivity contribution is -0.384. The molecule has 1 amide bonds. The topological polar surface area (TPSA) is 99.0 Å². The number of benzene rings is 2. The monoisotopic (exact) mass is 398 g/mol. The molecule has 152 valence electrons. The van der Waals surface area contributed by atoms with Crippen LogP contribution in [0.15, 0.2) is 42.5 Å². The molecule has 0 unspecified atom stereocenters. The van der Waals surface area contributed by atoms with Crippen molar-refractivity contribution in [2.24, 2.45) is 0 Å². The summed E-state index contributed by atoms with van der Waals surface area (Å²) in [7, 11) is 0. The zero-order valence-electron chi connectivity index (χ0n) is 16.1. The standard InChI is InChI=1S/C21H22N2O6/c1-2-3-12-28-18-7-4-15(5-8-18)21(25)29-14-20(24)22-11-10-16-13-17(23(26)27)6-9-19(16)22/h4-9,13H,2-3,10-12,14H2,1H3. The van der Waals surface area contributed by atoms with Crippen LogP contribution < -0.4 is 9.64 Å². The summed E-state index contributed by atoms with van der Waals surface area (Å²) in [6, 6.07) is 11.0.